The van der Waals surface area contributed by atoms with Gasteiger partial charge in [-0.25, -0.2) is 15.1 Å². The van der Waals surface area contributed by atoms with Gasteiger partial charge in [0.25, 0.3) is 0 Å². The highest BCUT2D eigenvalue weighted by Crippen LogP contribution is 2.47. The summed E-state index contributed by atoms with van der Waals surface area (Å²) in [6.07, 6.45) is 3.44. The Bertz CT molecular complexity index is 1150. The molecular formula is C23H26FN7O2. The normalized spacial score (nSPS) is 22.6. The van der Waals surface area contributed by atoms with Crippen LogP contribution in [-0.2, 0) is 17.9 Å². The van der Waals surface area contributed by atoms with Gasteiger partial charge >= 0.3 is 0 Å². The second-order valence-electron chi connectivity index (χ2n) is 8.42. The van der Waals surface area contributed by atoms with Crippen molar-refractivity contribution in [3.8, 4) is 0 Å². The maximum atomic E-state index is 14.7. The number of rotatable bonds is 6. The summed E-state index contributed by atoms with van der Waals surface area (Å²) in [5, 5.41) is 17.4. The molecule has 2 aliphatic heterocycles. The molecule has 1 aromatic heterocycles. The van der Waals surface area contributed by atoms with Gasteiger partial charge in [-0.15, -0.1) is 5.23 Å². The van der Waals surface area contributed by atoms with Crippen molar-refractivity contribution in [1.29, 1.82) is 0 Å². The lowest BCUT2D eigenvalue weighted by atomic mass is 9.69. The second kappa shape index (κ2) is 8.97. The molecule has 3 N–H and O–H groups in total. The van der Waals surface area contributed by atoms with Crippen LogP contribution in [0.4, 0.5) is 4.48 Å². The van der Waals surface area contributed by atoms with Crippen molar-refractivity contribution >= 4 is 11.5 Å². The Balaban J connectivity index is 1.67. The highest BCUT2D eigenvalue weighted by molar-refractivity contribution is 6.13. The van der Waals surface area contributed by atoms with Crippen LogP contribution in [0.2, 0.25) is 0 Å². The monoisotopic (exact) mass is 451 g/mol. The van der Waals surface area contributed by atoms with Gasteiger partial charge in [-0.1, -0.05) is 28.7 Å². The third-order valence-electron chi connectivity index (χ3n) is 6.40. The molecule has 0 bridgehead atoms. The molecule has 2 unspecified atom stereocenters. The molecular weight excluding hydrogens is 425 g/mol. The number of hydrazine groups is 1. The lowest BCUT2D eigenvalue weighted by Gasteiger charge is -2.39. The first-order valence-corrected chi connectivity index (χ1v) is 11.0. The van der Waals surface area contributed by atoms with Gasteiger partial charge in [-0.2, -0.15) is 5.10 Å². The maximum absolute atomic E-state index is 14.7. The van der Waals surface area contributed by atoms with Gasteiger partial charge in [0.15, 0.2) is 5.78 Å². The molecule has 1 aliphatic carbocycles. The average Bonchev–Trinajstić information content (AvgIpc) is 3.19. The Hall–Kier alpha value is -3.21. The van der Waals surface area contributed by atoms with Gasteiger partial charge in [0.2, 0.25) is 0 Å². The number of nitrogens with one attached hydrogen (secondary N) is 2. The van der Waals surface area contributed by atoms with E-state index in [4.69, 9.17) is 0 Å². The fourth-order valence-corrected chi connectivity index (χ4v) is 4.98. The molecule has 0 fully saturated rings. The molecule has 0 amide bonds. The van der Waals surface area contributed by atoms with Crippen LogP contribution in [0.5, 0.6) is 0 Å². The van der Waals surface area contributed by atoms with Crippen molar-refractivity contribution in [2.75, 3.05) is 26.7 Å². The predicted molar refractivity (Wildman–Crippen MR) is 120 cm³/mol. The summed E-state index contributed by atoms with van der Waals surface area (Å²) >= 11 is 0. The molecule has 33 heavy (non-hydrogen) atoms. The summed E-state index contributed by atoms with van der Waals surface area (Å²) in [4.78, 5) is 21.6. The number of nitrogens with zero attached hydrogens (tertiary/aromatic N) is 5. The van der Waals surface area contributed by atoms with Gasteiger partial charge in [0.1, 0.15) is 24.4 Å². The number of allylic oxidation sites excluding steroid dienone is 1. The van der Waals surface area contributed by atoms with Crippen LogP contribution in [0, 0.1) is 0 Å². The first-order chi connectivity index (χ1) is 16.1. The van der Waals surface area contributed by atoms with Gasteiger partial charge < -0.3 is 10.4 Å². The molecule has 2 atom stereocenters. The van der Waals surface area contributed by atoms with Crippen molar-refractivity contribution in [3.63, 3.8) is 0 Å². The number of carbonyl (C=O) groups is 1. The Morgan fingerprint density at radius 3 is 2.88 bits per heavy atom. The first-order valence-electron chi connectivity index (χ1n) is 11.0. The number of hydrogen-bond acceptors (Lipinski definition) is 8. The summed E-state index contributed by atoms with van der Waals surface area (Å²) in [6, 6.07) is 8.41. The van der Waals surface area contributed by atoms with Crippen LogP contribution < -0.4 is 10.7 Å². The molecule has 5 rings (SSSR count). The molecule has 1 aromatic carbocycles. The average molecular weight is 452 g/mol. The van der Waals surface area contributed by atoms with E-state index in [0.717, 1.165) is 17.7 Å². The fourth-order valence-electron chi connectivity index (χ4n) is 4.98. The summed E-state index contributed by atoms with van der Waals surface area (Å²) in [7, 11) is 1.91. The number of benzene rings is 1. The highest BCUT2D eigenvalue weighted by atomic mass is 19.2. The summed E-state index contributed by atoms with van der Waals surface area (Å²) in [6.45, 7) is 1.26. The Kier molecular flexibility index (Phi) is 5.88. The smallest absolute Gasteiger partial charge is 0.179 e. The lowest BCUT2D eigenvalue weighted by molar-refractivity contribution is -0.113. The lowest BCUT2D eigenvalue weighted by Crippen LogP contribution is -2.43. The van der Waals surface area contributed by atoms with E-state index >= 15 is 0 Å². The number of ketones is 1. The minimum absolute atomic E-state index is 0.0322. The van der Waals surface area contributed by atoms with Crippen molar-refractivity contribution in [2.24, 2.45) is 4.99 Å². The number of aliphatic imine (C=N–C) groups is 1. The fraction of sp³-hybridized carbons (Fsp3) is 0.391. The molecule has 9 nitrogen and oxygen atoms in total. The molecule has 10 heteroatoms. The van der Waals surface area contributed by atoms with E-state index < -0.39 is 0 Å². The van der Waals surface area contributed by atoms with Crippen molar-refractivity contribution in [1.82, 2.24) is 30.7 Å². The standard InChI is InChI=1S/C23H26FN7O2/c1-25-10-14-2-4-15(5-3-14)18-8-16-11-28-31(24)19-9-17(33)12-26-22(20(16)19)21(18)23-27-13-29-30(23)6-7-32/h2-5,9,13,18,21,25,28,32H,6-8,10-12H2,1H3. The molecule has 0 saturated heterocycles. The van der Waals surface area contributed by atoms with Crippen LogP contribution in [-0.4, -0.2) is 63.3 Å². The van der Waals surface area contributed by atoms with E-state index in [2.05, 4.69) is 50.1 Å². The summed E-state index contributed by atoms with van der Waals surface area (Å²) in [5.41, 5.74) is 7.53. The zero-order valence-electron chi connectivity index (χ0n) is 18.3. The number of aliphatic hydroxyl groups is 1. The number of hydrogen-bond donors (Lipinski definition) is 3. The van der Waals surface area contributed by atoms with E-state index in [-0.39, 0.29) is 43.0 Å². The molecule has 0 spiro atoms. The number of halogens is 1. The summed E-state index contributed by atoms with van der Waals surface area (Å²) in [5.74, 6) is 0.0221. The highest BCUT2D eigenvalue weighted by Gasteiger charge is 2.44. The third kappa shape index (κ3) is 3.90. The van der Waals surface area contributed by atoms with Gasteiger partial charge in [0, 0.05) is 30.7 Å². The van der Waals surface area contributed by atoms with Gasteiger partial charge in [-0.3, -0.25) is 9.79 Å². The van der Waals surface area contributed by atoms with Crippen molar-refractivity contribution in [2.45, 2.75) is 31.3 Å². The molecule has 0 saturated carbocycles. The van der Waals surface area contributed by atoms with Crippen LogP contribution in [0.3, 0.4) is 0 Å². The molecule has 3 heterocycles. The largest absolute Gasteiger partial charge is 0.394 e. The van der Waals surface area contributed by atoms with E-state index in [1.54, 1.807) is 4.68 Å². The maximum Gasteiger partial charge on any atom is 0.179 e. The van der Waals surface area contributed by atoms with Gasteiger partial charge in [-0.05, 0) is 30.2 Å². The van der Waals surface area contributed by atoms with E-state index in [0.29, 0.717) is 35.3 Å². The van der Waals surface area contributed by atoms with Crippen LogP contribution in [0.1, 0.15) is 35.2 Å². The SMILES string of the molecule is CNCc1ccc(C2CC3=C4C(=CC(=O)CN=C4C2c2ncnn2CCO)N(F)NC3)cc1. The zero-order valence-corrected chi connectivity index (χ0v) is 18.3. The molecule has 172 valence electrons. The van der Waals surface area contributed by atoms with Gasteiger partial charge in [0.05, 0.1) is 24.8 Å². The van der Waals surface area contributed by atoms with Crippen LogP contribution in [0.15, 0.2) is 58.5 Å². The zero-order chi connectivity index (χ0) is 22.9. The number of aliphatic hydroxyl groups excluding tert-OH is 1. The molecule has 0 radical (unpaired) electrons. The predicted octanol–water partition coefficient (Wildman–Crippen LogP) is 1.17. The Labute approximate surface area is 190 Å². The third-order valence-corrected chi connectivity index (χ3v) is 6.40. The minimum atomic E-state index is -0.339. The number of aromatic nitrogens is 3. The Morgan fingerprint density at radius 2 is 2.12 bits per heavy atom. The van der Waals surface area contributed by atoms with Crippen LogP contribution >= 0.6 is 0 Å². The first kappa shape index (κ1) is 21.6. The van der Waals surface area contributed by atoms with E-state index in [1.165, 1.54) is 18.0 Å². The van der Waals surface area contributed by atoms with E-state index in [1.807, 2.05) is 7.05 Å². The molecule has 2 aromatic rings. The molecule has 3 aliphatic rings. The quantitative estimate of drug-likeness (QED) is 0.566. The minimum Gasteiger partial charge on any atom is -0.394 e. The summed E-state index contributed by atoms with van der Waals surface area (Å²) < 4.78 is 16.4. The van der Waals surface area contributed by atoms with Crippen molar-refractivity contribution < 1.29 is 14.4 Å². The number of carbonyl (C=O) groups excluding carboxylic acids is 1. The second-order valence-corrected chi connectivity index (χ2v) is 8.42. The van der Waals surface area contributed by atoms with Crippen molar-refractivity contribution in [3.05, 3.63) is 70.5 Å². The topological polar surface area (TPSA) is 108 Å². The van der Waals surface area contributed by atoms with Crippen LogP contribution in [0.25, 0.3) is 0 Å². The van der Waals surface area contributed by atoms with E-state index in [9.17, 15) is 14.4 Å². The Morgan fingerprint density at radius 1 is 1.30 bits per heavy atom.